The van der Waals surface area contributed by atoms with Crippen LogP contribution in [0, 0.1) is 0 Å². The maximum atomic E-state index is 11.8. The number of aromatic nitrogens is 2. The highest BCUT2D eigenvalue weighted by atomic mass is 35.5. The van der Waals surface area contributed by atoms with Crippen LogP contribution in [-0.2, 0) is 28.7 Å². The summed E-state index contributed by atoms with van der Waals surface area (Å²) in [7, 11) is 3.14. The lowest BCUT2D eigenvalue weighted by atomic mass is 9.78. The number of hydrogen-bond donors (Lipinski definition) is 2. The average molecular weight is 560 g/mol. The molecular weight excluding hydrogens is 529 g/mol. The molecule has 10 heteroatoms. The first-order valence-corrected chi connectivity index (χ1v) is 13.4. The largest absolute Gasteiger partial charge is 0.495 e. The van der Waals surface area contributed by atoms with Crippen LogP contribution in [0.3, 0.4) is 0 Å². The Labute approximate surface area is 231 Å². The van der Waals surface area contributed by atoms with Crippen molar-refractivity contribution in [3.63, 3.8) is 0 Å². The maximum Gasteiger partial charge on any atom is 0.404 e. The van der Waals surface area contributed by atoms with E-state index in [0.29, 0.717) is 47.4 Å². The quantitative estimate of drug-likeness (QED) is 0.390. The second-order valence-electron chi connectivity index (χ2n) is 9.72. The summed E-state index contributed by atoms with van der Waals surface area (Å²) in [4.78, 5) is 11.8. The summed E-state index contributed by atoms with van der Waals surface area (Å²) in [5, 5.41) is 8.99. The van der Waals surface area contributed by atoms with E-state index in [4.69, 9.17) is 53.0 Å². The van der Waals surface area contributed by atoms with Crippen LogP contribution in [-0.4, -0.2) is 49.3 Å². The Kier molecular flexibility index (Phi) is 8.02. The Balaban J connectivity index is 1.48. The highest BCUT2D eigenvalue weighted by Crippen LogP contribution is 2.48. The summed E-state index contributed by atoms with van der Waals surface area (Å²) in [5.41, 5.74) is 10.4. The first kappa shape index (κ1) is 26.7. The second-order valence-corrected chi connectivity index (χ2v) is 10.5. The molecule has 1 aliphatic heterocycles. The van der Waals surface area contributed by atoms with Crippen LogP contribution in [0.5, 0.6) is 11.5 Å². The molecule has 5 rings (SSSR count). The fraction of sp³-hybridized carbons (Fsp3) is 0.429. The van der Waals surface area contributed by atoms with Gasteiger partial charge < -0.3 is 24.7 Å². The average Bonchev–Trinajstić information content (AvgIpc) is 3.32. The number of aromatic amines is 1. The number of primary amides is 1. The minimum atomic E-state index is -0.791. The molecule has 0 bridgehead atoms. The molecule has 1 saturated heterocycles. The first-order chi connectivity index (χ1) is 18.4. The summed E-state index contributed by atoms with van der Waals surface area (Å²) < 4.78 is 22.8. The summed E-state index contributed by atoms with van der Waals surface area (Å²) in [5.74, 6) is 0.833. The van der Waals surface area contributed by atoms with E-state index in [1.807, 2.05) is 18.2 Å². The molecule has 0 spiro atoms. The predicted molar refractivity (Wildman–Crippen MR) is 145 cm³/mol. The van der Waals surface area contributed by atoms with Crippen molar-refractivity contribution < 1.29 is 23.7 Å². The molecule has 202 valence electrons. The fourth-order valence-electron chi connectivity index (χ4n) is 5.84. The van der Waals surface area contributed by atoms with Gasteiger partial charge in [0.15, 0.2) is 0 Å². The van der Waals surface area contributed by atoms with Crippen LogP contribution in [0.2, 0.25) is 10.0 Å². The zero-order chi connectivity index (χ0) is 26.8. The number of carbonyl (C=O) groups is 1. The van der Waals surface area contributed by atoms with E-state index >= 15 is 0 Å². The third-order valence-corrected chi connectivity index (χ3v) is 8.37. The molecule has 2 aliphatic rings. The number of H-pyrrole nitrogens is 1. The first-order valence-electron chi connectivity index (χ1n) is 12.7. The number of nitrogens with zero attached hydrogens (tertiary/aromatic N) is 1. The third-order valence-electron chi connectivity index (χ3n) is 7.59. The van der Waals surface area contributed by atoms with Gasteiger partial charge in [0, 0.05) is 23.7 Å². The van der Waals surface area contributed by atoms with Gasteiger partial charge in [0.2, 0.25) is 0 Å². The molecule has 1 aliphatic carbocycles. The molecule has 4 atom stereocenters. The van der Waals surface area contributed by atoms with Crippen molar-refractivity contribution in [2.75, 3.05) is 20.8 Å². The van der Waals surface area contributed by atoms with Crippen LogP contribution in [0.25, 0.3) is 0 Å². The van der Waals surface area contributed by atoms with Crippen molar-refractivity contribution in [3.05, 3.63) is 74.5 Å². The van der Waals surface area contributed by atoms with Crippen molar-refractivity contribution in [2.45, 2.75) is 56.1 Å². The third kappa shape index (κ3) is 5.17. The molecule has 2 heterocycles. The van der Waals surface area contributed by atoms with Gasteiger partial charge in [-0.1, -0.05) is 53.5 Å². The number of carbonyl (C=O) groups excluding carboxylic acids is 1. The van der Waals surface area contributed by atoms with Gasteiger partial charge in [0.05, 0.1) is 48.6 Å². The van der Waals surface area contributed by atoms with Gasteiger partial charge in [-0.3, -0.25) is 5.10 Å². The Morgan fingerprint density at radius 2 is 1.84 bits per heavy atom. The number of ether oxygens (including phenoxy) is 4. The monoisotopic (exact) mass is 559 g/mol. The molecule has 38 heavy (non-hydrogen) atoms. The van der Waals surface area contributed by atoms with Crippen LogP contribution >= 0.6 is 23.2 Å². The number of hydrogen-bond acceptors (Lipinski definition) is 6. The lowest BCUT2D eigenvalue weighted by molar-refractivity contribution is -0.0661. The Morgan fingerprint density at radius 3 is 2.50 bits per heavy atom. The normalized spacial score (nSPS) is 22.9. The van der Waals surface area contributed by atoms with E-state index in [2.05, 4.69) is 17.2 Å². The van der Waals surface area contributed by atoms with Crippen LogP contribution in [0.1, 0.15) is 52.8 Å². The number of halogens is 2. The maximum absolute atomic E-state index is 11.8. The van der Waals surface area contributed by atoms with Crippen LogP contribution in [0.15, 0.2) is 36.4 Å². The van der Waals surface area contributed by atoms with Gasteiger partial charge in [0.25, 0.3) is 0 Å². The molecule has 0 radical (unpaired) electrons. The minimum absolute atomic E-state index is 0.0418. The van der Waals surface area contributed by atoms with E-state index < -0.39 is 12.2 Å². The van der Waals surface area contributed by atoms with Crippen LogP contribution < -0.4 is 15.2 Å². The number of rotatable bonds is 7. The summed E-state index contributed by atoms with van der Waals surface area (Å²) in [6, 6.07) is 11.8. The van der Waals surface area contributed by atoms with Gasteiger partial charge in [-0.25, -0.2) is 4.79 Å². The van der Waals surface area contributed by atoms with Gasteiger partial charge in [-0.2, -0.15) is 5.10 Å². The fourth-order valence-corrected chi connectivity index (χ4v) is 6.65. The van der Waals surface area contributed by atoms with E-state index in [1.165, 1.54) is 0 Å². The summed E-state index contributed by atoms with van der Waals surface area (Å²) in [6.45, 7) is 0.481. The molecular formula is C28H31Cl2N3O5. The highest BCUT2D eigenvalue weighted by Gasteiger charge is 2.42. The standard InChI is InChI=1S/C28H31Cl2N3O5/c1-35-21-14-22(36-2)26(30)23(25(21)29)16-8-9-17-18(13-16)32-33-27(17)24-19(38-28(31)34)10-11-37-20(24)12-15-6-4-3-5-7-15/h3-7,14,16,19-20,24H,8-13H2,1-2H3,(H2,31,34)(H,32,33)/t16-,19?,20?,24?/m0/s1. The smallest absolute Gasteiger partial charge is 0.404 e. The van der Waals surface area contributed by atoms with Crippen molar-refractivity contribution >= 4 is 29.3 Å². The summed E-state index contributed by atoms with van der Waals surface area (Å²) >= 11 is 13.5. The number of amides is 1. The number of fused-ring (bicyclic) bond motifs is 1. The number of nitrogens with two attached hydrogens (primary N) is 1. The zero-order valence-corrected chi connectivity index (χ0v) is 22.8. The lowest BCUT2D eigenvalue weighted by Crippen LogP contribution is -2.43. The molecule has 3 N–H and O–H groups in total. The highest BCUT2D eigenvalue weighted by molar-refractivity contribution is 6.38. The Morgan fingerprint density at radius 1 is 1.13 bits per heavy atom. The van der Waals surface area contributed by atoms with Gasteiger partial charge >= 0.3 is 6.09 Å². The lowest BCUT2D eigenvalue weighted by Gasteiger charge is -2.37. The minimum Gasteiger partial charge on any atom is -0.495 e. The predicted octanol–water partition coefficient (Wildman–Crippen LogP) is 5.59. The molecule has 3 aromatic rings. The van der Waals surface area contributed by atoms with Crippen molar-refractivity contribution in [3.8, 4) is 11.5 Å². The zero-order valence-electron chi connectivity index (χ0n) is 21.3. The van der Waals surface area contributed by atoms with Crippen molar-refractivity contribution in [1.82, 2.24) is 10.2 Å². The molecule has 2 aromatic carbocycles. The molecule has 1 fully saturated rings. The number of benzene rings is 2. The second kappa shape index (κ2) is 11.4. The van der Waals surface area contributed by atoms with Crippen molar-refractivity contribution in [2.24, 2.45) is 5.73 Å². The van der Waals surface area contributed by atoms with Gasteiger partial charge in [-0.05, 0) is 42.7 Å². The molecule has 8 nitrogen and oxygen atoms in total. The Hall–Kier alpha value is -2.94. The van der Waals surface area contributed by atoms with Crippen molar-refractivity contribution in [1.29, 1.82) is 0 Å². The van der Waals surface area contributed by atoms with Gasteiger partial charge in [-0.15, -0.1) is 0 Å². The molecule has 1 amide bonds. The number of nitrogens with one attached hydrogen (secondary N) is 1. The molecule has 3 unspecified atom stereocenters. The SMILES string of the molecule is COc1cc(OC)c(Cl)c([C@H]2CCc3c(C4C(Cc5ccccc5)OCCC4OC(N)=O)n[nH]c3C2)c1Cl. The van der Waals surface area contributed by atoms with E-state index in [9.17, 15) is 4.79 Å². The van der Waals surface area contributed by atoms with E-state index in [1.54, 1.807) is 20.3 Å². The number of methoxy groups -OCH3 is 2. The van der Waals surface area contributed by atoms with Gasteiger partial charge in [0.1, 0.15) is 17.6 Å². The molecule has 1 aromatic heterocycles. The Bertz CT molecular complexity index is 1270. The topological polar surface area (TPSA) is 109 Å². The van der Waals surface area contributed by atoms with E-state index in [0.717, 1.165) is 40.9 Å². The molecule has 0 saturated carbocycles. The summed E-state index contributed by atoms with van der Waals surface area (Å²) in [6.07, 6.45) is 2.00. The van der Waals surface area contributed by atoms with E-state index in [-0.39, 0.29) is 17.9 Å². The van der Waals surface area contributed by atoms with Crippen LogP contribution in [0.4, 0.5) is 4.79 Å².